The fourth-order valence-corrected chi connectivity index (χ4v) is 4.88. The van der Waals surface area contributed by atoms with E-state index in [0.29, 0.717) is 17.1 Å². The Morgan fingerprint density at radius 3 is 2.83 bits per heavy atom. The fourth-order valence-electron chi connectivity index (χ4n) is 4.07. The van der Waals surface area contributed by atoms with Crippen LogP contribution < -0.4 is 5.32 Å². The molecular formula is C21H22FN3O4S. The zero-order chi connectivity index (χ0) is 21.3. The summed E-state index contributed by atoms with van der Waals surface area (Å²) in [4.78, 5) is 42.8. The lowest BCUT2D eigenvalue weighted by atomic mass is 9.73. The van der Waals surface area contributed by atoms with Gasteiger partial charge in [-0.2, -0.15) is 0 Å². The van der Waals surface area contributed by atoms with E-state index in [1.807, 2.05) is 6.92 Å². The Kier molecular flexibility index (Phi) is 5.55. The van der Waals surface area contributed by atoms with E-state index in [9.17, 15) is 18.8 Å². The second-order valence-electron chi connectivity index (χ2n) is 7.75. The summed E-state index contributed by atoms with van der Waals surface area (Å²) < 4.78 is 18.3. The molecule has 2 atom stereocenters. The van der Waals surface area contributed by atoms with Gasteiger partial charge >= 0.3 is 12.0 Å². The van der Waals surface area contributed by atoms with Crippen molar-refractivity contribution in [2.24, 2.45) is 5.92 Å². The fraction of sp³-hybridized carbons (Fsp3) is 0.429. The molecule has 1 N–H and O–H groups in total. The van der Waals surface area contributed by atoms with Crippen LogP contribution in [0.3, 0.4) is 0 Å². The number of imide groups is 1. The zero-order valence-electron chi connectivity index (χ0n) is 16.5. The van der Waals surface area contributed by atoms with E-state index in [2.05, 4.69) is 10.3 Å². The number of ether oxygens (including phenoxy) is 1. The predicted octanol–water partition coefficient (Wildman–Crippen LogP) is 3.49. The molecule has 158 valence electrons. The number of nitrogens with one attached hydrogen (secondary N) is 1. The third-order valence-corrected chi connectivity index (χ3v) is 6.75. The Balaban J connectivity index is 1.35. The summed E-state index contributed by atoms with van der Waals surface area (Å²) in [5.74, 6) is -1.31. The molecule has 1 aliphatic carbocycles. The number of thiazole rings is 1. The van der Waals surface area contributed by atoms with Gasteiger partial charge in [-0.25, -0.2) is 14.2 Å². The van der Waals surface area contributed by atoms with Crippen molar-refractivity contribution in [2.45, 2.75) is 44.8 Å². The number of benzene rings is 1. The Morgan fingerprint density at radius 2 is 2.10 bits per heavy atom. The molecule has 1 saturated heterocycles. The lowest BCUT2D eigenvalue weighted by molar-refractivity contribution is -0.149. The first-order valence-corrected chi connectivity index (χ1v) is 10.8. The summed E-state index contributed by atoms with van der Waals surface area (Å²) >= 11 is 1.36. The van der Waals surface area contributed by atoms with Gasteiger partial charge in [-0.15, -0.1) is 11.3 Å². The average molecular weight is 431 g/mol. The van der Waals surface area contributed by atoms with Crippen molar-refractivity contribution >= 4 is 29.2 Å². The van der Waals surface area contributed by atoms with Crippen LogP contribution in [0.1, 0.15) is 38.3 Å². The highest BCUT2D eigenvalue weighted by atomic mass is 32.1. The second-order valence-corrected chi connectivity index (χ2v) is 8.61. The van der Waals surface area contributed by atoms with Crippen LogP contribution in [-0.2, 0) is 20.9 Å². The van der Waals surface area contributed by atoms with Crippen molar-refractivity contribution in [3.63, 3.8) is 0 Å². The standard InChI is InChI=1S/C21H22FN3O4S/c1-13-4-2-3-9-21(13)19(27)25(20(28)24-21)10-17(26)29-11-16-12-30-18(23-16)14-5-7-15(22)8-6-14/h5-8,12-13H,2-4,9-11H2,1H3,(H,24,28). The first kappa shape index (κ1) is 20.5. The van der Waals surface area contributed by atoms with Gasteiger partial charge in [0.2, 0.25) is 0 Å². The minimum absolute atomic E-state index is 0.0311. The molecule has 7 nitrogen and oxygen atoms in total. The maximum Gasteiger partial charge on any atom is 0.326 e. The molecule has 4 rings (SSSR count). The number of esters is 1. The van der Waals surface area contributed by atoms with Crippen molar-refractivity contribution in [1.29, 1.82) is 0 Å². The number of aromatic nitrogens is 1. The Labute approximate surface area is 177 Å². The Hall–Kier alpha value is -2.81. The number of rotatable bonds is 5. The van der Waals surface area contributed by atoms with Gasteiger partial charge in [-0.3, -0.25) is 14.5 Å². The highest BCUT2D eigenvalue weighted by Gasteiger charge is 2.55. The molecular weight excluding hydrogens is 409 g/mol. The summed E-state index contributed by atoms with van der Waals surface area (Å²) in [5.41, 5.74) is 0.418. The Bertz CT molecular complexity index is 977. The second kappa shape index (κ2) is 8.14. The van der Waals surface area contributed by atoms with Gasteiger partial charge in [0, 0.05) is 10.9 Å². The number of hydrogen-bond acceptors (Lipinski definition) is 6. The van der Waals surface area contributed by atoms with Gasteiger partial charge in [0.25, 0.3) is 5.91 Å². The van der Waals surface area contributed by atoms with Crippen LogP contribution in [-0.4, -0.2) is 39.9 Å². The van der Waals surface area contributed by atoms with Crippen molar-refractivity contribution in [3.8, 4) is 10.6 Å². The quantitative estimate of drug-likeness (QED) is 0.578. The largest absolute Gasteiger partial charge is 0.458 e. The van der Waals surface area contributed by atoms with E-state index in [1.165, 1.54) is 23.5 Å². The van der Waals surface area contributed by atoms with Gasteiger partial charge in [-0.1, -0.05) is 19.8 Å². The molecule has 1 spiro atoms. The van der Waals surface area contributed by atoms with E-state index < -0.39 is 24.1 Å². The molecule has 2 aliphatic rings. The molecule has 2 heterocycles. The number of urea groups is 1. The third kappa shape index (κ3) is 3.81. The minimum atomic E-state index is -0.894. The van der Waals surface area contributed by atoms with E-state index in [-0.39, 0.29) is 24.2 Å². The Morgan fingerprint density at radius 1 is 1.33 bits per heavy atom. The van der Waals surface area contributed by atoms with Gasteiger partial charge in [0.05, 0.1) is 5.69 Å². The predicted molar refractivity (Wildman–Crippen MR) is 108 cm³/mol. The van der Waals surface area contributed by atoms with Crippen LogP contribution in [0.4, 0.5) is 9.18 Å². The van der Waals surface area contributed by atoms with Crippen molar-refractivity contribution in [3.05, 3.63) is 41.2 Å². The van der Waals surface area contributed by atoms with Gasteiger partial charge in [-0.05, 0) is 43.0 Å². The average Bonchev–Trinajstić information content (AvgIpc) is 3.29. The van der Waals surface area contributed by atoms with Gasteiger partial charge in [0.15, 0.2) is 0 Å². The molecule has 0 radical (unpaired) electrons. The molecule has 3 amide bonds. The molecule has 1 saturated carbocycles. The van der Waals surface area contributed by atoms with Gasteiger partial charge in [0.1, 0.15) is 29.5 Å². The third-order valence-electron chi connectivity index (χ3n) is 5.81. The van der Waals surface area contributed by atoms with Crippen LogP contribution in [0.15, 0.2) is 29.6 Å². The molecule has 0 bridgehead atoms. The summed E-state index contributed by atoms with van der Waals surface area (Å²) in [6, 6.07) is 5.42. The van der Waals surface area contributed by atoms with Crippen LogP contribution in [0.25, 0.3) is 10.6 Å². The monoisotopic (exact) mass is 431 g/mol. The summed E-state index contributed by atoms with van der Waals surface area (Å²) in [7, 11) is 0. The lowest BCUT2D eigenvalue weighted by Gasteiger charge is -2.36. The maximum atomic E-state index is 13.0. The molecule has 1 aliphatic heterocycles. The highest BCUT2D eigenvalue weighted by molar-refractivity contribution is 7.13. The molecule has 9 heteroatoms. The summed E-state index contributed by atoms with van der Waals surface area (Å²) in [6.45, 7) is 1.47. The zero-order valence-corrected chi connectivity index (χ0v) is 17.3. The summed E-state index contributed by atoms with van der Waals surface area (Å²) in [6.07, 6.45) is 3.36. The minimum Gasteiger partial charge on any atom is -0.458 e. The topological polar surface area (TPSA) is 88.6 Å². The first-order chi connectivity index (χ1) is 14.4. The molecule has 2 unspecified atom stereocenters. The van der Waals surface area contributed by atoms with E-state index in [4.69, 9.17) is 4.74 Å². The number of amides is 3. The number of carbonyl (C=O) groups is 3. The van der Waals surface area contributed by atoms with Crippen LogP contribution in [0.5, 0.6) is 0 Å². The molecule has 1 aromatic heterocycles. The maximum absolute atomic E-state index is 13.0. The van der Waals surface area contributed by atoms with Crippen LogP contribution in [0, 0.1) is 11.7 Å². The molecule has 1 aromatic carbocycles. The van der Waals surface area contributed by atoms with E-state index >= 15 is 0 Å². The number of hydrogen-bond donors (Lipinski definition) is 1. The van der Waals surface area contributed by atoms with Crippen molar-refractivity contribution < 1.29 is 23.5 Å². The van der Waals surface area contributed by atoms with Crippen molar-refractivity contribution in [1.82, 2.24) is 15.2 Å². The van der Waals surface area contributed by atoms with Crippen LogP contribution >= 0.6 is 11.3 Å². The molecule has 2 aromatic rings. The molecule has 2 fully saturated rings. The van der Waals surface area contributed by atoms with E-state index in [0.717, 1.165) is 29.7 Å². The molecule has 30 heavy (non-hydrogen) atoms. The number of halogens is 1. The SMILES string of the molecule is CC1CCCCC12NC(=O)N(CC(=O)OCc1csc(-c3ccc(F)cc3)n1)C2=O. The number of nitrogens with zero attached hydrogens (tertiary/aromatic N) is 2. The van der Waals surface area contributed by atoms with Crippen LogP contribution in [0.2, 0.25) is 0 Å². The van der Waals surface area contributed by atoms with Gasteiger partial charge < -0.3 is 10.1 Å². The normalized spacial score (nSPS) is 23.7. The van der Waals surface area contributed by atoms with Crippen molar-refractivity contribution in [2.75, 3.05) is 6.54 Å². The number of carbonyl (C=O) groups excluding carboxylic acids is 3. The smallest absolute Gasteiger partial charge is 0.326 e. The highest BCUT2D eigenvalue weighted by Crippen LogP contribution is 2.38. The summed E-state index contributed by atoms with van der Waals surface area (Å²) in [5, 5.41) is 5.25. The van der Waals surface area contributed by atoms with E-state index in [1.54, 1.807) is 17.5 Å². The first-order valence-electron chi connectivity index (χ1n) is 9.89. The lowest BCUT2D eigenvalue weighted by Crippen LogP contribution is -2.54.